The van der Waals surface area contributed by atoms with Crippen molar-refractivity contribution in [3.8, 4) is 0 Å². The van der Waals surface area contributed by atoms with Gasteiger partial charge in [-0.3, -0.25) is 4.79 Å². The molecule has 7 unspecified atom stereocenters. The molecule has 7 atom stereocenters. The van der Waals surface area contributed by atoms with E-state index >= 15 is 0 Å². The lowest BCUT2D eigenvalue weighted by atomic mass is 9.99. The first kappa shape index (κ1) is 45.7. The first-order valence-corrected chi connectivity index (χ1v) is 20.1. The molecule has 0 radical (unpaired) electrons. The van der Waals surface area contributed by atoms with Crippen molar-refractivity contribution in [3.05, 3.63) is 24.3 Å². The topological polar surface area (TPSA) is 149 Å². The Bertz CT molecular complexity index is 822. The highest BCUT2D eigenvalue weighted by Crippen LogP contribution is 2.22. The van der Waals surface area contributed by atoms with E-state index in [9.17, 15) is 30.3 Å². The number of rotatable bonds is 32. The largest absolute Gasteiger partial charge is 0.394 e. The monoisotopic (exact) mass is 698 g/mol. The molecule has 0 aromatic carbocycles. The molecule has 1 aliphatic rings. The molecule has 1 saturated heterocycles. The van der Waals surface area contributed by atoms with Crippen LogP contribution in [0.25, 0.3) is 0 Å². The predicted octanol–water partition coefficient (Wildman–Crippen LogP) is 7.16. The molecule has 0 spiro atoms. The Hall–Kier alpha value is -1.33. The number of hydrogen-bond acceptors (Lipinski definition) is 8. The molecule has 0 aliphatic carbocycles. The molecular formula is C40H75NO8. The smallest absolute Gasteiger partial charge is 0.220 e. The van der Waals surface area contributed by atoms with Crippen LogP contribution in [0.5, 0.6) is 0 Å². The Kier molecular flexibility index (Phi) is 29.3. The van der Waals surface area contributed by atoms with Crippen LogP contribution in [0.4, 0.5) is 0 Å². The molecule has 0 bridgehead atoms. The molecule has 1 heterocycles. The lowest BCUT2D eigenvalue weighted by Gasteiger charge is -2.40. The summed E-state index contributed by atoms with van der Waals surface area (Å²) in [6.45, 7) is 3.54. The zero-order valence-electron chi connectivity index (χ0n) is 31.2. The van der Waals surface area contributed by atoms with Gasteiger partial charge in [0, 0.05) is 6.42 Å². The summed E-state index contributed by atoms with van der Waals surface area (Å²) in [4.78, 5) is 12.7. The fourth-order valence-electron chi connectivity index (χ4n) is 6.22. The number of hydrogen-bond donors (Lipinski definition) is 6. The highest BCUT2D eigenvalue weighted by molar-refractivity contribution is 5.76. The fraction of sp³-hybridized carbons (Fsp3) is 0.875. The average molecular weight is 698 g/mol. The number of carbonyl (C=O) groups is 1. The van der Waals surface area contributed by atoms with Gasteiger partial charge in [0.25, 0.3) is 0 Å². The molecule has 0 aromatic heterocycles. The van der Waals surface area contributed by atoms with Crippen LogP contribution >= 0.6 is 0 Å². The minimum Gasteiger partial charge on any atom is -0.394 e. The standard InChI is InChI=1S/C40H75NO8/c1-3-5-7-8-9-10-11-12-13-14-15-16-17-18-19-20-21-22-23-24-25-26-28-30-36(44)41-33(34(43)29-27-6-4-2)32-48-40-39(47)38(46)37(45)35(31-42)49-40/h14-15,27,29,33-35,37-40,42-43,45-47H,3-13,16-26,28,30-32H2,1-2H3,(H,41,44)/b15-14-,29-27+. The summed E-state index contributed by atoms with van der Waals surface area (Å²) in [6, 6.07) is -0.797. The Morgan fingerprint density at radius 3 is 1.69 bits per heavy atom. The normalized spacial score (nSPS) is 22.6. The van der Waals surface area contributed by atoms with Gasteiger partial charge in [0.1, 0.15) is 24.4 Å². The first-order chi connectivity index (χ1) is 23.8. The van der Waals surface area contributed by atoms with Gasteiger partial charge < -0.3 is 40.3 Å². The average Bonchev–Trinajstić information content (AvgIpc) is 3.10. The Balaban J connectivity index is 2.12. The van der Waals surface area contributed by atoms with Crippen LogP contribution in [-0.2, 0) is 14.3 Å². The summed E-state index contributed by atoms with van der Waals surface area (Å²) in [5.74, 6) is -0.190. The minimum absolute atomic E-state index is 0.190. The van der Waals surface area contributed by atoms with E-state index in [1.807, 2.05) is 13.0 Å². The van der Waals surface area contributed by atoms with Gasteiger partial charge in [0.15, 0.2) is 6.29 Å². The second-order valence-corrected chi connectivity index (χ2v) is 14.1. The highest BCUT2D eigenvalue weighted by Gasteiger charge is 2.44. The van der Waals surface area contributed by atoms with Crippen molar-refractivity contribution in [2.24, 2.45) is 0 Å². The summed E-state index contributed by atoms with van der Waals surface area (Å²) in [6.07, 6.45) is 28.9. The van der Waals surface area contributed by atoms with Crippen molar-refractivity contribution in [3.63, 3.8) is 0 Å². The summed E-state index contributed by atoms with van der Waals surface area (Å²) >= 11 is 0. The summed E-state index contributed by atoms with van der Waals surface area (Å²) in [5, 5.41) is 53.3. The van der Waals surface area contributed by atoms with E-state index in [2.05, 4.69) is 24.4 Å². The maximum Gasteiger partial charge on any atom is 0.220 e. The second kappa shape index (κ2) is 31.4. The van der Waals surface area contributed by atoms with Gasteiger partial charge in [-0.2, -0.15) is 0 Å². The van der Waals surface area contributed by atoms with E-state index in [0.717, 1.165) is 32.1 Å². The number of carbonyl (C=O) groups excluding carboxylic acids is 1. The quantitative estimate of drug-likeness (QED) is 0.0320. The van der Waals surface area contributed by atoms with Crippen LogP contribution in [0, 0.1) is 0 Å². The maximum atomic E-state index is 12.7. The molecule has 1 aliphatic heterocycles. The van der Waals surface area contributed by atoms with Gasteiger partial charge in [-0.05, 0) is 38.5 Å². The van der Waals surface area contributed by atoms with Crippen LogP contribution in [-0.4, -0.2) is 87.5 Å². The number of aliphatic hydroxyl groups is 5. The van der Waals surface area contributed by atoms with Crippen LogP contribution in [0.1, 0.15) is 168 Å². The lowest BCUT2D eigenvalue weighted by molar-refractivity contribution is -0.302. The molecule has 9 nitrogen and oxygen atoms in total. The van der Waals surface area contributed by atoms with Crippen molar-refractivity contribution in [2.45, 2.75) is 211 Å². The van der Waals surface area contributed by atoms with Gasteiger partial charge in [-0.25, -0.2) is 0 Å². The van der Waals surface area contributed by atoms with E-state index < -0.39 is 49.5 Å². The Morgan fingerprint density at radius 2 is 1.18 bits per heavy atom. The molecule has 49 heavy (non-hydrogen) atoms. The summed E-state index contributed by atoms with van der Waals surface area (Å²) in [5.41, 5.74) is 0. The number of allylic oxidation sites excluding steroid dienone is 3. The third-order valence-corrected chi connectivity index (χ3v) is 9.50. The van der Waals surface area contributed by atoms with E-state index in [-0.39, 0.29) is 12.5 Å². The molecule has 288 valence electrons. The second-order valence-electron chi connectivity index (χ2n) is 14.1. The molecule has 6 N–H and O–H groups in total. The lowest BCUT2D eigenvalue weighted by Crippen LogP contribution is -2.60. The number of amides is 1. The van der Waals surface area contributed by atoms with Gasteiger partial charge in [0.05, 0.1) is 25.4 Å². The van der Waals surface area contributed by atoms with Gasteiger partial charge >= 0.3 is 0 Å². The minimum atomic E-state index is -1.56. The van der Waals surface area contributed by atoms with Crippen molar-refractivity contribution in [1.82, 2.24) is 5.32 Å². The SMILES string of the molecule is CCC/C=C/C(O)C(COC1OC(CO)C(O)C(O)C1O)NC(=O)CCCCCCCCCCCCC/C=C\CCCCCCCCCC. The molecular weight excluding hydrogens is 622 g/mol. The highest BCUT2D eigenvalue weighted by atomic mass is 16.7. The Morgan fingerprint density at radius 1 is 0.673 bits per heavy atom. The van der Waals surface area contributed by atoms with Crippen molar-refractivity contribution in [2.75, 3.05) is 13.2 Å². The maximum absolute atomic E-state index is 12.7. The molecule has 0 saturated carbocycles. The number of aliphatic hydroxyl groups excluding tert-OH is 5. The molecule has 1 fully saturated rings. The molecule has 9 heteroatoms. The molecule has 1 amide bonds. The van der Waals surface area contributed by atoms with E-state index in [4.69, 9.17) is 9.47 Å². The number of unbranched alkanes of at least 4 members (excludes halogenated alkanes) is 20. The number of nitrogens with one attached hydrogen (secondary N) is 1. The fourth-order valence-corrected chi connectivity index (χ4v) is 6.22. The van der Waals surface area contributed by atoms with Crippen molar-refractivity contribution >= 4 is 5.91 Å². The van der Waals surface area contributed by atoms with E-state index in [0.29, 0.717) is 6.42 Å². The van der Waals surface area contributed by atoms with Crippen LogP contribution in [0.15, 0.2) is 24.3 Å². The van der Waals surface area contributed by atoms with Gasteiger partial charge in [-0.1, -0.05) is 147 Å². The van der Waals surface area contributed by atoms with Gasteiger partial charge in [0.2, 0.25) is 5.91 Å². The van der Waals surface area contributed by atoms with Crippen LogP contribution in [0.3, 0.4) is 0 Å². The van der Waals surface area contributed by atoms with Crippen molar-refractivity contribution in [1.29, 1.82) is 0 Å². The number of ether oxygens (including phenoxy) is 2. The summed E-state index contributed by atoms with van der Waals surface area (Å²) in [7, 11) is 0. The predicted molar refractivity (Wildman–Crippen MR) is 198 cm³/mol. The third-order valence-electron chi connectivity index (χ3n) is 9.50. The molecule has 0 aromatic rings. The van der Waals surface area contributed by atoms with Crippen LogP contribution in [0.2, 0.25) is 0 Å². The first-order valence-electron chi connectivity index (χ1n) is 20.1. The third kappa shape index (κ3) is 23.0. The van der Waals surface area contributed by atoms with E-state index in [1.54, 1.807) is 6.08 Å². The summed E-state index contributed by atoms with van der Waals surface area (Å²) < 4.78 is 11.0. The zero-order chi connectivity index (χ0) is 36.0. The van der Waals surface area contributed by atoms with E-state index in [1.165, 1.54) is 116 Å². The Labute approximate surface area is 298 Å². The zero-order valence-corrected chi connectivity index (χ0v) is 31.2. The van der Waals surface area contributed by atoms with Crippen LogP contribution < -0.4 is 5.32 Å². The molecule has 1 rings (SSSR count). The van der Waals surface area contributed by atoms with Gasteiger partial charge in [-0.15, -0.1) is 0 Å². The van der Waals surface area contributed by atoms with Crippen molar-refractivity contribution < 1.29 is 39.8 Å².